The number of ether oxygens (including phenoxy) is 1. The topological polar surface area (TPSA) is 103 Å². The Kier molecular flexibility index (Phi) is 5.67. The molecule has 2 heterocycles. The molecule has 1 amide bonds. The molecule has 3 N–H and O–H groups in total. The second-order valence-corrected chi connectivity index (χ2v) is 6.51. The maximum atomic E-state index is 14.1. The number of aromatic nitrogens is 3. The summed E-state index contributed by atoms with van der Waals surface area (Å²) in [6.45, 7) is 7.35. The average Bonchev–Trinajstić information content (AvgIpc) is 3.50. The van der Waals surface area contributed by atoms with Crippen molar-refractivity contribution in [1.82, 2.24) is 20.3 Å². The minimum Gasteiger partial charge on any atom is -0.464 e. The molecule has 1 fully saturated rings. The van der Waals surface area contributed by atoms with Crippen LogP contribution < -0.4 is 11.1 Å². The van der Waals surface area contributed by atoms with Crippen LogP contribution in [0, 0.1) is 12.7 Å². The molecule has 3 rings (SSSR count). The Morgan fingerprint density at radius 3 is 2.86 bits per heavy atom. The van der Waals surface area contributed by atoms with Crippen LogP contribution in [-0.2, 0) is 11.3 Å². The number of amides is 1. The Hall–Kier alpha value is -3.29. The van der Waals surface area contributed by atoms with Crippen LogP contribution in [0.4, 0.5) is 10.2 Å². The molecule has 2 aromatic heterocycles. The van der Waals surface area contributed by atoms with Crippen molar-refractivity contribution >= 4 is 17.5 Å². The monoisotopic (exact) mass is 383 g/mol. The Morgan fingerprint density at radius 2 is 2.18 bits per heavy atom. The summed E-state index contributed by atoms with van der Waals surface area (Å²) in [5.41, 5.74) is 7.82. The molecule has 1 saturated carbocycles. The van der Waals surface area contributed by atoms with Gasteiger partial charge in [-0.15, -0.1) is 0 Å². The zero-order valence-electron chi connectivity index (χ0n) is 15.8. The van der Waals surface area contributed by atoms with Gasteiger partial charge in [0.2, 0.25) is 0 Å². The molecule has 0 aromatic carbocycles. The molecule has 8 heteroatoms. The third-order valence-electron chi connectivity index (χ3n) is 4.34. The zero-order chi connectivity index (χ0) is 20.3. The van der Waals surface area contributed by atoms with Crippen molar-refractivity contribution in [2.45, 2.75) is 39.2 Å². The molecule has 1 aliphatic rings. The number of hydrogen-bond acceptors (Lipinski definition) is 6. The van der Waals surface area contributed by atoms with Gasteiger partial charge in [0.1, 0.15) is 17.3 Å². The number of carbonyl (C=O) groups excluding carboxylic acids is 1. The summed E-state index contributed by atoms with van der Waals surface area (Å²) in [4.78, 5) is 25.2. The lowest BCUT2D eigenvalue weighted by atomic mass is 10.1. The van der Waals surface area contributed by atoms with Crippen LogP contribution in [0.5, 0.6) is 0 Å². The highest BCUT2D eigenvalue weighted by Crippen LogP contribution is 2.42. The van der Waals surface area contributed by atoms with Gasteiger partial charge in [-0.3, -0.25) is 9.78 Å². The van der Waals surface area contributed by atoms with Crippen molar-refractivity contribution in [3.8, 4) is 0 Å². The highest BCUT2D eigenvalue weighted by Gasteiger charge is 2.30. The molecule has 1 aliphatic carbocycles. The van der Waals surface area contributed by atoms with Crippen LogP contribution >= 0.6 is 0 Å². The van der Waals surface area contributed by atoms with Crippen molar-refractivity contribution in [1.29, 1.82) is 0 Å². The number of nitrogens with one attached hydrogen (secondary N) is 1. The lowest BCUT2D eigenvalue weighted by Crippen LogP contribution is -2.27. The number of rotatable bonds is 7. The number of hydrogen-bond donors (Lipinski definition) is 2. The molecule has 146 valence electrons. The standard InChI is InChI=1S/C20H22FN5O2/c1-4-9-28-12(3)17-11(2)25-18(19(22)26-17)20(27)24-10-15-16(13-5-6-13)14(21)7-8-23-15/h4,7-9,13H,3,5-6,10H2,1-2H3,(H2,22,26)(H,24,27)/b9-4-. The first-order chi connectivity index (χ1) is 13.4. The van der Waals surface area contributed by atoms with Gasteiger partial charge < -0.3 is 15.8 Å². The smallest absolute Gasteiger partial charge is 0.274 e. The van der Waals surface area contributed by atoms with Gasteiger partial charge in [0.05, 0.1) is 24.2 Å². The zero-order valence-corrected chi connectivity index (χ0v) is 15.8. The summed E-state index contributed by atoms with van der Waals surface area (Å²) in [5.74, 6) is -0.388. The molecular weight excluding hydrogens is 361 g/mol. The molecule has 0 saturated heterocycles. The molecule has 7 nitrogen and oxygen atoms in total. The number of nitrogen functional groups attached to an aromatic ring is 1. The summed E-state index contributed by atoms with van der Waals surface area (Å²) in [5, 5.41) is 2.70. The van der Waals surface area contributed by atoms with E-state index in [1.807, 2.05) is 0 Å². The van der Waals surface area contributed by atoms with E-state index in [2.05, 4.69) is 26.8 Å². The Bertz CT molecular complexity index is 954. The quantitative estimate of drug-likeness (QED) is 0.712. The predicted molar refractivity (Wildman–Crippen MR) is 103 cm³/mol. The summed E-state index contributed by atoms with van der Waals surface area (Å²) in [6, 6.07) is 1.34. The summed E-state index contributed by atoms with van der Waals surface area (Å²) < 4.78 is 19.4. The normalized spacial score (nSPS) is 13.5. The third-order valence-corrected chi connectivity index (χ3v) is 4.34. The van der Waals surface area contributed by atoms with Gasteiger partial charge in [-0.2, -0.15) is 0 Å². The van der Waals surface area contributed by atoms with Crippen LogP contribution in [0.2, 0.25) is 0 Å². The van der Waals surface area contributed by atoms with Gasteiger partial charge in [-0.1, -0.05) is 12.7 Å². The maximum Gasteiger partial charge on any atom is 0.274 e. The summed E-state index contributed by atoms with van der Waals surface area (Å²) in [6.07, 6.45) is 6.43. The minimum atomic E-state index is -0.507. The van der Waals surface area contributed by atoms with Crippen LogP contribution in [-0.4, -0.2) is 20.9 Å². The first-order valence-corrected chi connectivity index (χ1v) is 8.95. The number of nitrogens with two attached hydrogens (primary N) is 1. The SMILES string of the molecule is C=C(O/C=C\C)c1nc(N)c(C(=O)NCc2nccc(F)c2C2CC2)nc1C. The molecule has 0 unspecified atom stereocenters. The van der Waals surface area contributed by atoms with Crippen LogP contribution in [0.25, 0.3) is 5.76 Å². The Labute approximate surface area is 162 Å². The van der Waals surface area contributed by atoms with E-state index in [1.54, 1.807) is 19.9 Å². The number of nitrogens with zero attached hydrogens (tertiary/aromatic N) is 3. The molecule has 0 radical (unpaired) electrons. The van der Waals surface area contributed by atoms with E-state index in [9.17, 15) is 9.18 Å². The first-order valence-electron chi connectivity index (χ1n) is 8.95. The number of pyridine rings is 1. The second kappa shape index (κ2) is 8.16. The van der Waals surface area contributed by atoms with Gasteiger partial charge in [0.15, 0.2) is 11.5 Å². The first kappa shape index (κ1) is 19.5. The molecule has 0 bridgehead atoms. The fourth-order valence-electron chi connectivity index (χ4n) is 2.85. The Balaban J connectivity index is 1.76. The van der Waals surface area contributed by atoms with Gasteiger partial charge in [0.25, 0.3) is 5.91 Å². The van der Waals surface area contributed by atoms with Crippen molar-refractivity contribution in [3.05, 3.63) is 65.3 Å². The van der Waals surface area contributed by atoms with Crippen molar-refractivity contribution < 1.29 is 13.9 Å². The maximum absolute atomic E-state index is 14.1. The van der Waals surface area contributed by atoms with E-state index in [-0.39, 0.29) is 35.6 Å². The molecule has 0 spiro atoms. The summed E-state index contributed by atoms with van der Waals surface area (Å²) >= 11 is 0. The third kappa shape index (κ3) is 4.16. The number of allylic oxidation sites excluding steroid dienone is 1. The fourth-order valence-corrected chi connectivity index (χ4v) is 2.85. The Morgan fingerprint density at radius 1 is 1.43 bits per heavy atom. The average molecular weight is 383 g/mol. The summed E-state index contributed by atoms with van der Waals surface area (Å²) in [7, 11) is 0. The number of carbonyl (C=O) groups is 1. The molecule has 0 atom stereocenters. The van der Waals surface area contributed by atoms with E-state index in [0.29, 0.717) is 22.6 Å². The highest BCUT2D eigenvalue weighted by atomic mass is 19.1. The van der Waals surface area contributed by atoms with E-state index in [0.717, 1.165) is 12.8 Å². The van der Waals surface area contributed by atoms with Crippen molar-refractivity contribution in [2.75, 3.05) is 5.73 Å². The van der Waals surface area contributed by atoms with Crippen molar-refractivity contribution in [3.63, 3.8) is 0 Å². The van der Waals surface area contributed by atoms with E-state index >= 15 is 0 Å². The lowest BCUT2D eigenvalue weighted by molar-refractivity contribution is 0.0945. The van der Waals surface area contributed by atoms with E-state index in [1.165, 1.54) is 18.5 Å². The molecule has 2 aromatic rings. The number of halogens is 1. The molecule has 0 aliphatic heterocycles. The van der Waals surface area contributed by atoms with E-state index < -0.39 is 5.91 Å². The van der Waals surface area contributed by atoms with Crippen LogP contribution in [0.15, 0.2) is 31.2 Å². The van der Waals surface area contributed by atoms with E-state index in [4.69, 9.17) is 10.5 Å². The number of anilines is 1. The van der Waals surface area contributed by atoms with Gasteiger partial charge >= 0.3 is 0 Å². The molecular formula is C20H22FN5O2. The van der Waals surface area contributed by atoms with Crippen LogP contribution in [0.3, 0.4) is 0 Å². The highest BCUT2D eigenvalue weighted by molar-refractivity contribution is 5.96. The largest absolute Gasteiger partial charge is 0.464 e. The number of aryl methyl sites for hydroxylation is 1. The minimum absolute atomic E-state index is 0.00976. The predicted octanol–water partition coefficient (Wildman–Crippen LogP) is 3.23. The second-order valence-electron chi connectivity index (χ2n) is 6.51. The fraction of sp³-hybridized carbons (Fsp3) is 0.300. The van der Waals surface area contributed by atoms with Gasteiger partial charge in [-0.25, -0.2) is 14.4 Å². The van der Waals surface area contributed by atoms with Gasteiger partial charge in [-0.05, 0) is 38.7 Å². The van der Waals surface area contributed by atoms with Gasteiger partial charge in [0, 0.05) is 11.8 Å². The van der Waals surface area contributed by atoms with Crippen LogP contribution in [0.1, 0.15) is 58.8 Å². The lowest BCUT2D eigenvalue weighted by Gasteiger charge is -2.12. The molecule has 28 heavy (non-hydrogen) atoms. The van der Waals surface area contributed by atoms with Crippen molar-refractivity contribution in [2.24, 2.45) is 0 Å².